The summed E-state index contributed by atoms with van der Waals surface area (Å²) in [5.74, 6) is 0.0483. The molecule has 0 aromatic heterocycles. The van der Waals surface area contributed by atoms with Crippen molar-refractivity contribution in [1.82, 2.24) is 0 Å². The van der Waals surface area contributed by atoms with Crippen molar-refractivity contribution in [2.24, 2.45) is 0 Å². The van der Waals surface area contributed by atoms with Gasteiger partial charge in [-0.1, -0.05) is 23.7 Å². The summed E-state index contributed by atoms with van der Waals surface area (Å²) < 4.78 is 24.2. The van der Waals surface area contributed by atoms with Crippen LogP contribution in [0.2, 0.25) is 5.02 Å². The van der Waals surface area contributed by atoms with E-state index >= 15 is 0 Å². The molecule has 0 aliphatic rings. The molecule has 2 aromatic rings. The standard InChI is InChI=1S/C15H14ClFO3/c1-19-13-7-11(12(17)8-14(13)20-2)15(18)9-4-3-5-10(16)6-9/h3-8,15,18H,1-2H3. The molecule has 0 bridgehead atoms. The fourth-order valence-electron chi connectivity index (χ4n) is 1.94. The first-order chi connectivity index (χ1) is 9.56. The Hall–Kier alpha value is -1.78. The third kappa shape index (κ3) is 2.86. The second-order valence-electron chi connectivity index (χ2n) is 4.19. The van der Waals surface area contributed by atoms with Gasteiger partial charge in [-0.25, -0.2) is 4.39 Å². The minimum absolute atomic E-state index is 0.102. The minimum Gasteiger partial charge on any atom is -0.493 e. The van der Waals surface area contributed by atoms with E-state index in [0.29, 0.717) is 16.3 Å². The molecule has 0 heterocycles. The van der Waals surface area contributed by atoms with Crippen molar-refractivity contribution in [2.75, 3.05) is 14.2 Å². The largest absolute Gasteiger partial charge is 0.493 e. The molecule has 0 aliphatic heterocycles. The quantitative estimate of drug-likeness (QED) is 0.937. The van der Waals surface area contributed by atoms with Crippen LogP contribution in [0.3, 0.4) is 0 Å². The lowest BCUT2D eigenvalue weighted by molar-refractivity contribution is 0.214. The number of halogens is 2. The van der Waals surface area contributed by atoms with Gasteiger partial charge in [-0.3, -0.25) is 0 Å². The van der Waals surface area contributed by atoms with E-state index in [4.69, 9.17) is 21.1 Å². The van der Waals surface area contributed by atoms with Crippen LogP contribution in [0, 0.1) is 5.82 Å². The zero-order valence-corrected chi connectivity index (χ0v) is 11.8. The molecule has 20 heavy (non-hydrogen) atoms. The van der Waals surface area contributed by atoms with Crippen molar-refractivity contribution in [3.05, 3.63) is 58.4 Å². The fraction of sp³-hybridized carbons (Fsp3) is 0.200. The maximum atomic E-state index is 14.1. The van der Waals surface area contributed by atoms with E-state index in [-0.39, 0.29) is 11.3 Å². The first-order valence-electron chi connectivity index (χ1n) is 5.91. The second kappa shape index (κ2) is 6.11. The van der Waals surface area contributed by atoms with Crippen molar-refractivity contribution in [3.8, 4) is 11.5 Å². The number of methoxy groups -OCH3 is 2. The number of hydrogen-bond acceptors (Lipinski definition) is 3. The second-order valence-corrected chi connectivity index (χ2v) is 4.62. The van der Waals surface area contributed by atoms with E-state index in [1.807, 2.05) is 0 Å². The topological polar surface area (TPSA) is 38.7 Å². The highest BCUT2D eigenvalue weighted by Crippen LogP contribution is 2.34. The van der Waals surface area contributed by atoms with Gasteiger partial charge in [0.25, 0.3) is 0 Å². The first-order valence-corrected chi connectivity index (χ1v) is 6.29. The Morgan fingerprint density at radius 2 is 1.75 bits per heavy atom. The molecule has 1 N–H and O–H groups in total. The number of aliphatic hydroxyl groups is 1. The predicted octanol–water partition coefficient (Wildman–Crippen LogP) is 3.58. The van der Waals surface area contributed by atoms with E-state index < -0.39 is 11.9 Å². The highest BCUT2D eigenvalue weighted by Gasteiger charge is 2.19. The van der Waals surface area contributed by atoms with Gasteiger partial charge in [-0.05, 0) is 23.8 Å². The number of ether oxygens (including phenoxy) is 2. The summed E-state index contributed by atoms with van der Waals surface area (Å²) in [6, 6.07) is 9.24. The molecule has 0 aliphatic carbocycles. The lowest BCUT2D eigenvalue weighted by atomic mass is 10.0. The Morgan fingerprint density at radius 1 is 1.10 bits per heavy atom. The van der Waals surface area contributed by atoms with Gasteiger partial charge in [0.15, 0.2) is 11.5 Å². The summed E-state index contributed by atoms with van der Waals surface area (Å²) in [6.07, 6.45) is -1.13. The average Bonchev–Trinajstić information content (AvgIpc) is 2.46. The van der Waals surface area contributed by atoms with Crippen molar-refractivity contribution in [3.63, 3.8) is 0 Å². The molecule has 5 heteroatoms. The summed E-state index contributed by atoms with van der Waals surface area (Å²) >= 11 is 5.87. The molecule has 1 unspecified atom stereocenters. The van der Waals surface area contributed by atoms with E-state index in [9.17, 15) is 9.50 Å². The Bertz CT molecular complexity index is 616. The summed E-state index contributed by atoms with van der Waals surface area (Å²) in [6.45, 7) is 0. The predicted molar refractivity (Wildman–Crippen MR) is 75.0 cm³/mol. The van der Waals surface area contributed by atoms with Gasteiger partial charge >= 0.3 is 0 Å². The number of aliphatic hydroxyl groups excluding tert-OH is 1. The van der Waals surface area contributed by atoms with Gasteiger partial charge in [0.2, 0.25) is 0 Å². The minimum atomic E-state index is -1.13. The molecule has 0 spiro atoms. The van der Waals surface area contributed by atoms with Crippen LogP contribution < -0.4 is 9.47 Å². The molecule has 0 saturated carbocycles. The Morgan fingerprint density at radius 3 is 2.35 bits per heavy atom. The molecule has 0 saturated heterocycles. The Labute approximate surface area is 121 Å². The average molecular weight is 297 g/mol. The summed E-state index contributed by atoms with van der Waals surface area (Å²) in [7, 11) is 2.87. The molecular formula is C15H14ClFO3. The van der Waals surface area contributed by atoms with E-state index in [2.05, 4.69) is 0 Å². The maximum absolute atomic E-state index is 14.1. The monoisotopic (exact) mass is 296 g/mol. The van der Waals surface area contributed by atoms with E-state index in [1.165, 1.54) is 26.4 Å². The molecule has 2 aromatic carbocycles. The van der Waals surface area contributed by atoms with Gasteiger partial charge in [0.1, 0.15) is 11.9 Å². The molecule has 0 fully saturated rings. The zero-order chi connectivity index (χ0) is 14.7. The van der Waals surface area contributed by atoms with Crippen LogP contribution in [0.15, 0.2) is 36.4 Å². The van der Waals surface area contributed by atoms with Crippen molar-refractivity contribution < 1.29 is 19.0 Å². The van der Waals surface area contributed by atoms with Crippen molar-refractivity contribution in [1.29, 1.82) is 0 Å². The highest BCUT2D eigenvalue weighted by atomic mass is 35.5. The number of benzene rings is 2. The summed E-state index contributed by atoms with van der Waals surface area (Å²) in [4.78, 5) is 0. The Kier molecular flexibility index (Phi) is 4.47. The summed E-state index contributed by atoms with van der Waals surface area (Å²) in [5.41, 5.74) is 0.605. The highest BCUT2D eigenvalue weighted by molar-refractivity contribution is 6.30. The van der Waals surface area contributed by atoms with Gasteiger partial charge in [-0.15, -0.1) is 0 Å². The molecule has 0 amide bonds. The van der Waals surface area contributed by atoms with Crippen LogP contribution >= 0.6 is 11.6 Å². The van der Waals surface area contributed by atoms with Crippen molar-refractivity contribution in [2.45, 2.75) is 6.10 Å². The van der Waals surface area contributed by atoms with Crippen LogP contribution in [0.1, 0.15) is 17.2 Å². The van der Waals surface area contributed by atoms with Crippen LogP contribution in [0.5, 0.6) is 11.5 Å². The SMILES string of the molecule is COc1cc(F)c(C(O)c2cccc(Cl)c2)cc1OC. The van der Waals surface area contributed by atoms with Gasteiger partial charge < -0.3 is 14.6 Å². The lowest BCUT2D eigenvalue weighted by Gasteiger charge is -2.16. The van der Waals surface area contributed by atoms with Crippen LogP contribution in [0.4, 0.5) is 4.39 Å². The number of hydrogen-bond donors (Lipinski definition) is 1. The normalized spacial score (nSPS) is 12.1. The maximum Gasteiger partial charge on any atom is 0.163 e. The van der Waals surface area contributed by atoms with E-state index in [0.717, 1.165) is 0 Å². The molecule has 2 rings (SSSR count). The zero-order valence-electron chi connectivity index (χ0n) is 11.1. The molecule has 1 atom stereocenters. The third-order valence-electron chi connectivity index (χ3n) is 2.96. The third-order valence-corrected chi connectivity index (χ3v) is 3.20. The fourth-order valence-corrected chi connectivity index (χ4v) is 2.13. The van der Waals surface area contributed by atoms with Crippen molar-refractivity contribution >= 4 is 11.6 Å². The Balaban J connectivity index is 2.46. The molecule has 106 valence electrons. The van der Waals surface area contributed by atoms with Gasteiger partial charge in [0, 0.05) is 16.7 Å². The van der Waals surface area contributed by atoms with Gasteiger partial charge in [-0.2, -0.15) is 0 Å². The smallest absolute Gasteiger partial charge is 0.163 e. The first kappa shape index (κ1) is 14.6. The van der Waals surface area contributed by atoms with Crippen LogP contribution in [0.25, 0.3) is 0 Å². The summed E-state index contributed by atoms with van der Waals surface area (Å²) in [5, 5.41) is 10.8. The van der Waals surface area contributed by atoms with Crippen LogP contribution in [-0.4, -0.2) is 19.3 Å². The molecular weight excluding hydrogens is 283 g/mol. The van der Waals surface area contributed by atoms with E-state index in [1.54, 1.807) is 24.3 Å². The van der Waals surface area contributed by atoms with Crippen LogP contribution in [-0.2, 0) is 0 Å². The molecule has 3 nitrogen and oxygen atoms in total. The number of rotatable bonds is 4. The van der Waals surface area contributed by atoms with Gasteiger partial charge in [0.05, 0.1) is 14.2 Å². The lowest BCUT2D eigenvalue weighted by Crippen LogP contribution is -2.04. The molecule has 0 radical (unpaired) electrons.